The second kappa shape index (κ2) is 7.45. The molecule has 138 valence electrons. The number of thiophene rings is 1. The molecule has 1 N–H and O–H groups in total. The molecule has 6 nitrogen and oxygen atoms in total. The number of nitrogens with zero attached hydrogens (tertiary/aromatic N) is 1. The molecular formula is C16H22N2O4S3. The third-order valence-corrected chi connectivity index (χ3v) is 8.81. The third kappa shape index (κ3) is 4.22. The first-order valence-electron chi connectivity index (χ1n) is 7.82. The average molecular weight is 403 g/mol. The molecule has 0 aliphatic rings. The van der Waals surface area contributed by atoms with Gasteiger partial charge in [0.1, 0.15) is 4.21 Å². The summed E-state index contributed by atoms with van der Waals surface area (Å²) in [6.07, 6.45) is 0. The van der Waals surface area contributed by atoms with Crippen molar-refractivity contribution >= 4 is 37.1 Å². The predicted octanol–water partition coefficient (Wildman–Crippen LogP) is 3.20. The van der Waals surface area contributed by atoms with Crippen LogP contribution >= 0.6 is 11.3 Å². The Kier molecular flexibility index (Phi) is 5.93. The van der Waals surface area contributed by atoms with E-state index in [0.717, 1.165) is 16.2 Å². The summed E-state index contributed by atoms with van der Waals surface area (Å²) in [6.45, 7) is 7.75. The molecule has 1 aromatic carbocycles. The van der Waals surface area contributed by atoms with E-state index in [4.69, 9.17) is 0 Å². The zero-order valence-electron chi connectivity index (χ0n) is 14.6. The van der Waals surface area contributed by atoms with Crippen LogP contribution in [-0.2, 0) is 20.0 Å². The lowest BCUT2D eigenvalue weighted by Crippen LogP contribution is -2.31. The topological polar surface area (TPSA) is 83.6 Å². The van der Waals surface area contributed by atoms with Gasteiger partial charge < -0.3 is 0 Å². The van der Waals surface area contributed by atoms with Gasteiger partial charge in [0.25, 0.3) is 10.0 Å². The zero-order chi connectivity index (χ0) is 18.8. The Morgan fingerprint density at radius 3 is 2.16 bits per heavy atom. The van der Waals surface area contributed by atoms with Gasteiger partial charge in [-0.3, -0.25) is 4.72 Å². The maximum absolute atomic E-state index is 12.8. The van der Waals surface area contributed by atoms with Crippen LogP contribution in [0.5, 0.6) is 0 Å². The van der Waals surface area contributed by atoms with Crippen LogP contribution in [0.25, 0.3) is 0 Å². The van der Waals surface area contributed by atoms with Crippen LogP contribution in [0.2, 0.25) is 0 Å². The van der Waals surface area contributed by atoms with Crippen LogP contribution in [0.3, 0.4) is 0 Å². The Bertz CT molecular complexity index is 959. The summed E-state index contributed by atoms with van der Waals surface area (Å²) >= 11 is 1.16. The molecule has 0 atom stereocenters. The van der Waals surface area contributed by atoms with Gasteiger partial charge in [-0.1, -0.05) is 19.9 Å². The number of sulfonamides is 2. The van der Waals surface area contributed by atoms with Crippen molar-refractivity contribution in [2.45, 2.75) is 36.8 Å². The van der Waals surface area contributed by atoms with Gasteiger partial charge in [-0.25, -0.2) is 16.8 Å². The Hall–Kier alpha value is -1.42. The summed E-state index contributed by atoms with van der Waals surface area (Å²) < 4.78 is 54.4. The maximum Gasteiger partial charge on any atom is 0.271 e. The second-order valence-electron chi connectivity index (χ2n) is 5.54. The van der Waals surface area contributed by atoms with Crippen molar-refractivity contribution in [1.29, 1.82) is 0 Å². The van der Waals surface area contributed by atoms with Gasteiger partial charge in [-0.2, -0.15) is 4.31 Å². The molecule has 0 saturated heterocycles. The first-order valence-corrected chi connectivity index (χ1v) is 11.6. The Morgan fingerprint density at radius 1 is 1.00 bits per heavy atom. The molecule has 0 fully saturated rings. The lowest BCUT2D eigenvalue weighted by Gasteiger charge is -2.20. The van der Waals surface area contributed by atoms with Gasteiger partial charge in [-0.05, 0) is 43.7 Å². The molecule has 0 aliphatic carbocycles. The quantitative estimate of drug-likeness (QED) is 0.771. The smallest absolute Gasteiger partial charge is 0.271 e. The molecule has 25 heavy (non-hydrogen) atoms. The first-order chi connectivity index (χ1) is 11.6. The van der Waals surface area contributed by atoms with Crippen LogP contribution in [0.15, 0.2) is 39.4 Å². The van der Waals surface area contributed by atoms with Gasteiger partial charge >= 0.3 is 0 Å². The van der Waals surface area contributed by atoms with Crippen LogP contribution in [0.1, 0.15) is 24.3 Å². The Morgan fingerprint density at radius 2 is 1.64 bits per heavy atom. The van der Waals surface area contributed by atoms with Crippen molar-refractivity contribution in [2.24, 2.45) is 0 Å². The van der Waals surface area contributed by atoms with Crippen molar-refractivity contribution in [1.82, 2.24) is 4.31 Å². The van der Waals surface area contributed by atoms with E-state index in [1.807, 2.05) is 6.92 Å². The lowest BCUT2D eigenvalue weighted by atomic mass is 10.2. The molecule has 0 bridgehead atoms. The number of hydrogen-bond donors (Lipinski definition) is 1. The molecule has 0 saturated carbocycles. The van der Waals surface area contributed by atoms with Crippen molar-refractivity contribution in [2.75, 3.05) is 17.8 Å². The monoisotopic (exact) mass is 402 g/mol. The van der Waals surface area contributed by atoms with Crippen molar-refractivity contribution in [3.8, 4) is 0 Å². The maximum atomic E-state index is 12.8. The van der Waals surface area contributed by atoms with Gasteiger partial charge in [0.2, 0.25) is 10.0 Å². The number of rotatable bonds is 7. The minimum atomic E-state index is -3.74. The number of anilines is 1. The highest BCUT2D eigenvalue weighted by atomic mass is 32.2. The fourth-order valence-corrected chi connectivity index (χ4v) is 6.45. The molecule has 0 unspecified atom stereocenters. The van der Waals surface area contributed by atoms with Crippen molar-refractivity contribution < 1.29 is 16.8 Å². The van der Waals surface area contributed by atoms with Crippen molar-refractivity contribution in [3.63, 3.8) is 0 Å². The summed E-state index contributed by atoms with van der Waals surface area (Å²) in [7, 11) is -7.41. The zero-order valence-corrected chi connectivity index (χ0v) is 17.1. The first kappa shape index (κ1) is 19.9. The summed E-state index contributed by atoms with van der Waals surface area (Å²) in [5.41, 5.74) is 0.796. The molecule has 1 heterocycles. The van der Waals surface area contributed by atoms with Gasteiger partial charge in [0, 0.05) is 18.0 Å². The standard InChI is InChI=1S/C16H22N2O4S3/c1-5-18(6-2)25(21,22)15-11-14(9-7-12(15)3)17-24(19,20)16-10-8-13(4)23-16/h7-11,17H,5-6H2,1-4H3. The SMILES string of the molecule is CCN(CC)S(=O)(=O)c1cc(NS(=O)(=O)c2ccc(C)s2)ccc1C. The molecule has 0 radical (unpaired) electrons. The largest absolute Gasteiger partial charge is 0.279 e. The van der Waals surface area contributed by atoms with E-state index in [9.17, 15) is 16.8 Å². The predicted molar refractivity (Wildman–Crippen MR) is 101 cm³/mol. The second-order valence-corrected chi connectivity index (χ2v) is 10.6. The van der Waals surface area contributed by atoms with Crippen LogP contribution < -0.4 is 4.72 Å². The molecule has 2 rings (SSSR count). The van der Waals surface area contributed by atoms with Crippen molar-refractivity contribution in [3.05, 3.63) is 40.8 Å². The lowest BCUT2D eigenvalue weighted by molar-refractivity contribution is 0.445. The van der Waals surface area contributed by atoms with E-state index >= 15 is 0 Å². The minimum Gasteiger partial charge on any atom is -0.279 e. The molecule has 9 heteroatoms. The van der Waals surface area contributed by atoms with E-state index in [2.05, 4.69) is 4.72 Å². The molecular weight excluding hydrogens is 380 g/mol. The Balaban J connectivity index is 2.43. The number of hydrogen-bond acceptors (Lipinski definition) is 5. The molecule has 0 amide bonds. The third-order valence-electron chi connectivity index (χ3n) is 3.74. The molecule has 1 aromatic heterocycles. The normalized spacial score (nSPS) is 12.5. The molecule has 2 aromatic rings. The van der Waals surface area contributed by atoms with E-state index < -0.39 is 20.0 Å². The average Bonchev–Trinajstić information content (AvgIpc) is 2.97. The summed E-state index contributed by atoms with van der Waals surface area (Å²) in [6, 6.07) is 7.80. The highest BCUT2D eigenvalue weighted by Gasteiger charge is 2.25. The van der Waals surface area contributed by atoms with Crippen LogP contribution in [0, 0.1) is 13.8 Å². The van der Waals surface area contributed by atoms with E-state index in [-0.39, 0.29) is 14.8 Å². The van der Waals surface area contributed by atoms with Crippen LogP contribution in [-0.4, -0.2) is 34.2 Å². The van der Waals surface area contributed by atoms with Crippen LogP contribution in [0.4, 0.5) is 5.69 Å². The summed E-state index contributed by atoms with van der Waals surface area (Å²) in [5.74, 6) is 0. The van der Waals surface area contributed by atoms with Gasteiger partial charge in [0.15, 0.2) is 0 Å². The molecule has 0 spiro atoms. The van der Waals surface area contributed by atoms with E-state index in [0.29, 0.717) is 18.7 Å². The summed E-state index contributed by atoms with van der Waals surface area (Å²) in [4.78, 5) is 0.993. The Labute approximate surface area is 153 Å². The highest BCUT2D eigenvalue weighted by Crippen LogP contribution is 2.27. The summed E-state index contributed by atoms with van der Waals surface area (Å²) in [5, 5.41) is 0. The highest BCUT2D eigenvalue weighted by molar-refractivity contribution is 7.94. The van der Waals surface area contributed by atoms with Gasteiger partial charge in [0.05, 0.1) is 10.6 Å². The molecule has 0 aliphatic heterocycles. The number of nitrogens with one attached hydrogen (secondary N) is 1. The fourth-order valence-electron chi connectivity index (χ4n) is 2.41. The number of benzene rings is 1. The van der Waals surface area contributed by atoms with E-state index in [1.165, 1.54) is 16.4 Å². The van der Waals surface area contributed by atoms with E-state index in [1.54, 1.807) is 39.0 Å². The fraction of sp³-hybridized carbons (Fsp3) is 0.375. The van der Waals surface area contributed by atoms with Gasteiger partial charge in [-0.15, -0.1) is 11.3 Å². The number of aryl methyl sites for hydroxylation is 2. The minimum absolute atomic E-state index is 0.110.